The number of benzene rings is 3. The molecule has 140 valence electrons. The Morgan fingerprint density at radius 3 is 2.00 bits per heavy atom. The summed E-state index contributed by atoms with van der Waals surface area (Å²) in [5.74, 6) is 0. The van der Waals surface area contributed by atoms with E-state index in [1.54, 1.807) is 6.08 Å². The summed E-state index contributed by atoms with van der Waals surface area (Å²) >= 11 is 0. The molecule has 0 aliphatic carbocycles. The number of nitriles is 2. The first-order chi connectivity index (χ1) is 14.0. The van der Waals surface area contributed by atoms with E-state index in [0.29, 0.717) is 16.7 Å². The molecule has 0 heterocycles. The number of hydrogen-bond acceptors (Lipinski definition) is 2. The molecule has 0 N–H and O–H groups in total. The first kappa shape index (κ1) is 19.9. The molecule has 3 rings (SSSR count). The molecule has 0 radical (unpaired) electrons. The van der Waals surface area contributed by atoms with Gasteiger partial charge in [0.15, 0.2) is 0 Å². The molecule has 0 saturated heterocycles. The van der Waals surface area contributed by atoms with Crippen molar-refractivity contribution in [3.63, 3.8) is 0 Å². The van der Waals surface area contributed by atoms with Gasteiger partial charge >= 0.3 is 0 Å². The Labute approximate surface area is 172 Å². The van der Waals surface area contributed by atoms with Crippen LogP contribution in [0.4, 0.5) is 0 Å². The Morgan fingerprint density at radius 2 is 1.41 bits per heavy atom. The van der Waals surface area contributed by atoms with Gasteiger partial charge in [0.05, 0.1) is 11.1 Å². The molecule has 0 unspecified atom stereocenters. The molecule has 0 aliphatic heterocycles. The lowest BCUT2D eigenvalue weighted by molar-refractivity contribution is 1.40. The summed E-state index contributed by atoms with van der Waals surface area (Å²) in [6, 6.07) is 18.8. The van der Waals surface area contributed by atoms with E-state index in [1.165, 1.54) is 5.56 Å². The van der Waals surface area contributed by atoms with Crippen molar-refractivity contribution in [3.8, 4) is 12.1 Å². The largest absolute Gasteiger partial charge is 0.192 e. The van der Waals surface area contributed by atoms with Crippen LogP contribution in [0.1, 0.15) is 52.8 Å². The molecule has 0 aromatic heterocycles. The zero-order valence-corrected chi connectivity index (χ0v) is 17.0. The Kier molecular flexibility index (Phi) is 5.77. The highest BCUT2D eigenvalue weighted by Gasteiger charge is 2.16. The smallest absolute Gasteiger partial charge is 0.100 e. The molecule has 0 spiro atoms. The van der Waals surface area contributed by atoms with E-state index in [2.05, 4.69) is 49.9 Å². The van der Waals surface area contributed by atoms with Crippen LogP contribution in [-0.2, 0) is 0 Å². The maximum Gasteiger partial charge on any atom is 0.100 e. The maximum atomic E-state index is 9.88. The molecular formula is C27H22N2. The quantitative estimate of drug-likeness (QED) is 0.456. The van der Waals surface area contributed by atoms with Crippen molar-refractivity contribution in [2.45, 2.75) is 20.8 Å². The molecule has 0 amide bonds. The third kappa shape index (κ3) is 4.03. The molecule has 2 nitrogen and oxygen atoms in total. The molecule has 3 aromatic carbocycles. The lowest BCUT2D eigenvalue weighted by atomic mass is 9.88. The molecule has 0 saturated carbocycles. The molecular weight excluding hydrogens is 352 g/mol. The minimum absolute atomic E-state index is 0.548. The van der Waals surface area contributed by atoms with Gasteiger partial charge in [0.1, 0.15) is 12.1 Å². The zero-order chi connectivity index (χ0) is 21.0. The summed E-state index contributed by atoms with van der Waals surface area (Å²) in [7, 11) is 0. The van der Waals surface area contributed by atoms with Crippen LogP contribution in [0.3, 0.4) is 0 Å². The number of aryl methyl sites for hydroxylation is 1. The summed E-state index contributed by atoms with van der Waals surface area (Å²) < 4.78 is 0. The average Bonchev–Trinajstić information content (AvgIpc) is 2.72. The number of nitrogens with zero attached hydrogens (tertiary/aromatic N) is 2. The van der Waals surface area contributed by atoms with Gasteiger partial charge in [-0.05, 0) is 38.0 Å². The van der Waals surface area contributed by atoms with Crippen molar-refractivity contribution in [2.75, 3.05) is 0 Å². The van der Waals surface area contributed by atoms with Crippen molar-refractivity contribution >= 4 is 35.1 Å². The van der Waals surface area contributed by atoms with E-state index < -0.39 is 0 Å². The van der Waals surface area contributed by atoms with Crippen molar-refractivity contribution in [3.05, 3.63) is 93.6 Å². The Bertz CT molecular complexity index is 1240. The third-order valence-electron chi connectivity index (χ3n) is 4.82. The van der Waals surface area contributed by atoms with Gasteiger partial charge in [0, 0.05) is 21.9 Å². The highest BCUT2D eigenvalue weighted by Crippen LogP contribution is 2.33. The van der Waals surface area contributed by atoms with Crippen LogP contribution in [0.2, 0.25) is 0 Å². The monoisotopic (exact) mass is 374 g/mol. The molecule has 2 heteroatoms. The molecule has 0 aliphatic rings. The van der Waals surface area contributed by atoms with E-state index in [-0.39, 0.29) is 0 Å². The maximum absolute atomic E-state index is 9.88. The number of hydrogen-bond donors (Lipinski definition) is 0. The van der Waals surface area contributed by atoms with Crippen LogP contribution < -0.4 is 0 Å². The first-order valence-electron chi connectivity index (χ1n) is 9.44. The molecule has 3 aromatic rings. The van der Waals surface area contributed by atoms with Crippen molar-refractivity contribution in [1.82, 2.24) is 0 Å². The summed E-state index contributed by atoms with van der Waals surface area (Å²) in [5.41, 5.74) is 6.95. The van der Waals surface area contributed by atoms with Crippen molar-refractivity contribution in [2.24, 2.45) is 0 Å². The standard InChI is InChI=1S/C27H22N2/c1-5-22-24(14-18(2)3)27(17-29)23-13-12-21(15-25(23)26(22)16-28)11-10-20-8-6-19(4)7-9-20/h5-15H,1H2,2-4H3. The average molecular weight is 374 g/mol. The van der Waals surface area contributed by atoms with Crippen LogP contribution in [-0.4, -0.2) is 0 Å². The lowest BCUT2D eigenvalue weighted by Gasteiger charge is -2.13. The predicted octanol–water partition coefficient (Wildman–Crippen LogP) is 7.13. The van der Waals surface area contributed by atoms with Gasteiger partial charge in [0.25, 0.3) is 0 Å². The summed E-state index contributed by atoms with van der Waals surface area (Å²) in [5, 5.41) is 21.3. The van der Waals surface area contributed by atoms with Gasteiger partial charge in [0.2, 0.25) is 0 Å². The fraction of sp³-hybridized carbons (Fsp3) is 0.111. The predicted molar refractivity (Wildman–Crippen MR) is 123 cm³/mol. The SMILES string of the molecule is C=Cc1c(C=C(C)C)c(C#N)c2ccc(C=Cc3ccc(C)cc3)cc2c1C#N. The zero-order valence-electron chi connectivity index (χ0n) is 17.0. The van der Waals surface area contributed by atoms with E-state index >= 15 is 0 Å². The third-order valence-corrected chi connectivity index (χ3v) is 4.82. The summed E-state index contributed by atoms with van der Waals surface area (Å²) in [6.07, 6.45) is 7.68. The van der Waals surface area contributed by atoms with E-state index in [0.717, 1.165) is 33.0 Å². The number of fused-ring (bicyclic) bond motifs is 1. The summed E-state index contributed by atoms with van der Waals surface area (Å²) in [6.45, 7) is 9.91. The van der Waals surface area contributed by atoms with Crippen LogP contribution in [0.15, 0.2) is 54.6 Å². The Morgan fingerprint density at radius 1 is 0.828 bits per heavy atom. The molecule has 29 heavy (non-hydrogen) atoms. The lowest BCUT2D eigenvalue weighted by Crippen LogP contribution is -1.97. The van der Waals surface area contributed by atoms with Gasteiger partial charge in [-0.3, -0.25) is 0 Å². The highest BCUT2D eigenvalue weighted by atomic mass is 14.3. The topological polar surface area (TPSA) is 47.6 Å². The Hall–Kier alpha value is -3.88. The van der Waals surface area contributed by atoms with Crippen molar-refractivity contribution < 1.29 is 0 Å². The number of rotatable bonds is 4. The van der Waals surface area contributed by atoms with Gasteiger partial charge < -0.3 is 0 Å². The second-order valence-corrected chi connectivity index (χ2v) is 7.28. The molecule has 0 fully saturated rings. The fourth-order valence-electron chi connectivity index (χ4n) is 3.41. The van der Waals surface area contributed by atoms with Crippen molar-refractivity contribution in [1.29, 1.82) is 10.5 Å². The van der Waals surface area contributed by atoms with E-state index in [4.69, 9.17) is 0 Å². The van der Waals surface area contributed by atoms with Crippen LogP contribution in [0.5, 0.6) is 0 Å². The molecule has 0 atom stereocenters. The second kappa shape index (κ2) is 8.42. The molecule has 0 bridgehead atoms. The van der Waals surface area contributed by atoms with Gasteiger partial charge in [-0.25, -0.2) is 0 Å². The minimum atomic E-state index is 0.548. The first-order valence-corrected chi connectivity index (χ1v) is 9.44. The van der Waals surface area contributed by atoms with Gasteiger partial charge in [-0.2, -0.15) is 10.5 Å². The minimum Gasteiger partial charge on any atom is -0.192 e. The second-order valence-electron chi connectivity index (χ2n) is 7.28. The number of allylic oxidation sites excluding steroid dienone is 1. The fourth-order valence-corrected chi connectivity index (χ4v) is 3.41. The van der Waals surface area contributed by atoms with Crippen LogP contribution in [0.25, 0.3) is 35.1 Å². The Balaban J connectivity index is 2.24. The van der Waals surface area contributed by atoms with E-state index in [1.807, 2.05) is 50.3 Å². The normalized spacial score (nSPS) is 10.5. The van der Waals surface area contributed by atoms with E-state index in [9.17, 15) is 10.5 Å². The van der Waals surface area contributed by atoms with Crippen LogP contribution >= 0.6 is 0 Å². The van der Waals surface area contributed by atoms with Gasteiger partial charge in [-0.1, -0.05) is 78.4 Å². The van der Waals surface area contributed by atoms with Gasteiger partial charge in [-0.15, -0.1) is 0 Å². The van der Waals surface area contributed by atoms with Crippen LogP contribution in [0, 0.1) is 29.6 Å². The summed E-state index contributed by atoms with van der Waals surface area (Å²) in [4.78, 5) is 0. The highest BCUT2D eigenvalue weighted by molar-refractivity contribution is 6.00.